The molecule has 1 N–H and O–H groups in total. The number of nitrogens with zero attached hydrogens (tertiary/aromatic N) is 1. The summed E-state index contributed by atoms with van der Waals surface area (Å²) in [7, 11) is 0. The van der Waals surface area contributed by atoms with E-state index >= 15 is 0 Å². The van der Waals surface area contributed by atoms with Gasteiger partial charge in [0, 0.05) is 6.54 Å². The van der Waals surface area contributed by atoms with Crippen molar-refractivity contribution in [3.8, 4) is 0 Å². The van der Waals surface area contributed by atoms with Crippen molar-refractivity contribution >= 4 is 21.9 Å². The van der Waals surface area contributed by atoms with Gasteiger partial charge in [-0.1, -0.05) is 25.5 Å². The molecule has 3 nitrogen and oxygen atoms in total. The zero-order chi connectivity index (χ0) is 14.7. The molecule has 0 spiro atoms. The van der Waals surface area contributed by atoms with E-state index in [0.717, 1.165) is 24.9 Å². The fraction of sp³-hybridized carbons (Fsp3) is 0.533. The van der Waals surface area contributed by atoms with Crippen molar-refractivity contribution in [2.75, 3.05) is 6.54 Å². The number of carboxylic acids is 1. The van der Waals surface area contributed by atoms with Crippen LogP contribution in [0, 0.1) is 11.7 Å². The van der Waals surface area contributed by atoms with Crippen molar-refractivity contribution in [3.05, 3.63) is 34.1 Å². The summed E-state index contributed by atoms with van der Waals surface area (Å²) in [4.78, 5) is 13.4. The predicted octanol–water partition coefficient (Wildman–Crippen LogP) is 3.66. The predicted molar refractivity (Wildman–Crippen MR) is 78.9 cm³/mol. The molecule has 1 aromatic rings. The molecule has 5 heteroatoms. The highest BCUT2D eigenvalue weighted by molar-refractivity contribution is 9.10. The summed E-state index contributed by atoms with van der Waals surface area (Å²) in [6, 6.07) is 4.41. The lowest BCUT2D eigenvalue weighted by molar-refractivity contribution is -0.145. The molecule has 0 saturated carbocycles. The molecule has 1 fully saturated rings. The largest absolute Gasteiger partial charge is 0.480 e. The Labute approximate surface area is 126 Å². The Morgan fingerprint density at radius 3 is 2.95 bits per heavy atom. The van der Waals surface area contributed by atoms with Gasteiger partial charge in [-0.2, -0.15) is 0 Å². The number of halogens is 2. The lowest BCUT2D eigenvalue weighted by atomic mass is 9.88. The van der Waals surface area contributed by atoms with Gasteiger partial charge < -0.3 is 5.11 Å². The number of rotatable bonds is 4. The Morgan fingerprint density at radius 1 is 1.55 bits per heavy atom. The van der Waals surface area contributed by atoms with Gasteiger partial charge in [0.05, 0.1) is 4.47 Å². The zero-order valence-electron chi connectivity index (χ0n) is 11.5. The minimum atomic E-state index is -0.782. The number of aliphatic carboxylic acids is 1. The van der Waals surface area contributed by atoms with Crippen LogP contribution in [0.5, 0.6) is 0 Å². The number of hydrogen-bond donors (Lipinski definition) is 1. The second kappa shape index (κ2) is 6.68. The molecule has 0 aliphatic carbocycles. The van der Waals surface area contributed by atoms with Crippen molar-refractivity contribution < 1.29 is 14.3 Å². The van der Waals surface area contributed by atoms with E-state index in [1.807, 2.05) is 11.0 Å². The molecular weight excluding hydrogens is 325 g/mol. The summed E-state index contributed by atoms with van der Waals surface area (Å²) in [5.74, 6) is -0.614. The lowest BCUT2D eigenvalue weighted by Gasteiger charge is -2.37. The third-order valence-corrected chi connectivity index (χ3v) is 4.98. The van der Waals surface area contributed by atoms with Crippen molar-refractivity contribution in [2.24, 2.45) is 5.92 Å². The van der Waals surface area contributed by atoms with Crippen molar-refractivity contribution in [3.63, 3.8) is 0 Å². The molecule has 1 heterocycles. The van der Waals surface area contributed by atoms with Crippen LogP contribution >= 0.6 is 15.9 Å². The quantitative estimate of drug-likeness (QED) is 0.906. The number of benzene rings is 1. The van der Waals surface area contributed by atoms with Crippen LogP contribution in [0.1, 0.15) is 31.7 Å². The van der Waals surface area contributed by atoms with Crippen molar-refractivity contribution in [1.82, 2.24) is 4.90 Å². The van der Waals surface area contributed by atoms with E-state index in [1.54, 1.807) is 6.07 Å². The van der Waals surface area contributed by atoms with E-state index in [-0.39, 0.29) is 5.82 Å². The third kappa shape index (κ3) is 3.38. The molecule has 1 aromatic carbocycles. The van der Waals surface area contributed by atoms with E-state index < -0.39 is 12.0 Å². The summed E-state index contributed by atoms with van der Waals surface area (Å²) >= 11 is 3.24. The molecule has 1 aliphatic rings. The van der Waals surface area contributed by atoms with Crippen LogP contribution in [0.2, 0.25) is 0 Å². The second-order valence-corrected chi connectivity index (χ2v) is 6.13. The SMILES string of the molecule is CCC1CCN(Cc2cccc(F)c2Br)C(C(=O)O)C1. The highest BCUT2D eigenvalue weighted by Crippen LogP contribution is 2.29. The average molecular weight is 344 g/mol. The highest BCUT2D eigenvalue weighted by atomic mass is 79.9. The van der Waals surface area contributed by atoms with Gasteiger partial charge in [0.25, 0.3) is 0 Å². The van der Waals surface area contributed by atoms with Gasteiger partial charge in [-0.25, -0.2) is 4.39 Å². The fourth-order valence-corrected chi connectivity index (χ4v) is 3.18. The summed E-state index contributed by atoms with van der Waals surface area (Å²) in [6.07, 6.45) is 2.70. The Kier molecular flexibility index (Phi) is 5.16. The third-order valence-electron chi connectivity index (χ3n) is 4.09. The van der Waals surface area contributed by atoms with Gasteiger partial charge in [0.2, 0.25) is 0 Å². The topological polar surface area (TPSA) is 40.5 Å². The molecule has 2 rings (SSSR count). The molecule has 0 radical (unpaired) electrons. The standard InChI is InChI=1S/C15H19BrFNO2/c1-2-10-6-7-18(13(8-10)15(19)20)9-11-4-3-5-12(17)14(11)16/h3-5,10,13H,2,6-9H2,1H3,(H,19,20). The maximum absolute atomic E-state index is 13.5. The molecule has 2 atom stereocenters. The van der Waals surface area contributed by atoms with Crippen LogP contribution in [0.3, 0.4) is 0 Å². The van der Waals surface area contributed by atoms with Gasteiger partial charge in [-0.15, -0.1) is 0 Å². The minimum Gasteiger partial charge on any atom is -0.480 e. The number of carboxylic acid groups (broad SMARTS) is 1. The Morgan fingerprint density at radius 2 is 2.30 bits per heavy atom. The summed E-state index contributed by atoms with van der Waals surface area (Å²) in [5, 5.41) is 9.40. The molecule has 0 aromatic heterocycles. The van der Waals surface area contributed by atoms with E-state index in [4.69, 9.17) is 0 Å². The van der Waals surface area contributed by atoms with Crippen molar-refractivity contribution in [2.45, 2.75) is 38.8 Å². The molecule has 20 heavy (non-hydrogen) atoms. The van der Waals surface area contributed by atoms with Gasteiger partial charge in [-0.3, -0.25) is 9.69 Å². The Balaban J connectivity index is 2.14. The normalized spacial score (nSPS) is 23.8. The van der Waals surface area contributed by atoms with Crippen LogP contribution in [0.4, 0.5) is 4.39 Å². The Bertz CT molecular complexity index is 495. The van der Waals surface area contributed by atoms with Gasteiger partial charge >= 0.3 is 5.97 Å². The summed E-state index contributed by atoms with van der Waals surface area (Å²) < 4.78 is 14.0. The molecule has 110 valence electrons. The second-order valence-electron chi connectivity index (χ2n) is 5.34. The first kappa shape index (κ1) is 15.4. The number of carbonyl (C=O) groups is 1. The molecule has 2 unspecified atom stereocenters. The number of hydrogen-bond acceptors (Lipinski definition) is 2. The maximum Gasteiger partial charge on any atom is 0.320 e. The first-order valence-electron chi connectivity index (χ1n) is 6.92. The smallest absolute Gasteiger partial charge is 0.320 e. The summed E-state index contributed by atoms with van der Waals surface area (Å²) in [5.41, 5.74) is 0.797. The molecule has 0 amide bonds. The first-order valence-corrected chi connectivity index (χ1v) is 7.72. The van der Waals surface area contributed by atoms with Crippen molar-refractivity contribution in [1.29, 1.82) is 0 Å². The van der Waals surface area contributed by atoms with E-state index in [9.17, 15) is 14.3 Å². The number of piperidine rings is 1. The van der Waals surface area contributed by atoms with E-state index in [0.29, 0.717) is 23.4 Å². The monoisotopic (exact) mass is 343 g/mol. The van der Waals surface area contributed by atoms with Gasteiger partial charge in [0.1, 0.15) is 11.9 Å². The molecule has 1 saturated heterocycles. The van der Waals surface area contributed by atoms with Crippen LogP contribution in [0.15, 0.2) is 22.7 Å². The van der Waals surface area contributed by atoms with Gasteiger partial charge in [-0.05, 0) is 52.9 Å². The van der Waals surface area contributed by atoms with Crippen LogP contribution < -0.4 is 0 Å². The van der Waals surface area contributed by atoms with Crippen LogP contribution in [-0.4, -0.2) is 28.6 Å². The minimum absolute atomic E-state index is 0.308. The average Bonchev–Trinajstić information content (AvgIpc) is 2.44. The van der Waals surface area contributed by atoms with Crippen LogP contribution in [0.25, 0.3) is 0 Å². The lowest BCUT2D eigenvalue weighted by Crippen LogP contribution is -2.46. The molecule has 1 aliphatic heterocycles. The van der Waals surface area contributed by atoms with E-state index in [2.05, 4.69) is 22.9 Å². The van der Waals surface area contributed by atoms with E-state index in [1.165, 1.54) is 6.07 Å². The van der Waals surface area contributed by atoms with Crippen LogP contribution in [-0.2, 0) is 11.3 Å². The molecule has 0 bridgehead atoms. The highest BCUT2D eigenvalue weighted by Gasteiger charge is 2.32. The Hall–Kier alpha value is -0.940. The maximum atomic E-state index is 13.5. The first-order chi connectivity index (χ1) is 9.52. The zero-order valence-corrected chi connectivity index (χ0v) is 13.1. The van der Waals surface area contributed by atoms with Gasteiger partial charge in [0.15, 0.2) is 0 Å². The number of likely N-dealkylation sites (tertiary alicyclic amines) is 1. The fourth-order valence-electron chi connectivity index (χ4n) is 2.79. The molecular formula is C15H19BrFNO2. The summed E-state index contributed by atoms with van der Waals surface area (Å²) in [6.45, 7) is 3.31.